The third kappa shape index (κ3) is 4.17. The van der Waals surface area contributed by atoms with Gasteiger partial charge in [0.25, 0.3) is 0 Å². The van der Waals surface area contributed by atoms with Crippen molar-refractivity contribution >= 4 is 28.6 Å². The quantitative estimate of drug-likeness (QED) is 0.465. The Hall–Kier alpha value is -3.13. The highest BCUT2D eigenvalue weighted by molar-refractivity contribution is 7.99. The van der Waals surface area contributed by atoms with Gasteiger partial charge in [0.05, 0.1) is 11.8 Å². The first-order chi connectivity index (χ1) is 14.2. The molecule has 0 aliphatic rings. The number of nitrogens with one attached hydrogen (secondary N) is 1. The Morgan fingerprint density at radius 2 is 2.00 bits per heavy atom. The predicted octanol–water partition coefficient (Wildman–Crippen LogP) is 4.08. The monoisotopic (exact) mass is 407 g/mol. The van der Waals surface area contributed by atoms with E-state index in [-0.39, 0.29) is 17.7 Å². The number of carbonyl (C=O) groups excluding carboxylic acids is 1. The van der Waals surface area contributed by atoms with Crippen molar-refractivity contribution in [3.05, 3.63) is 60.6 Å². The number of amides is 1. The fourth-order valence-electron chi connectivity index (χ4n) is 3.10. The van der Waals surface area contributed by atoms with E-state index in [9.17, 15) is 4.79 Å². The lowest BCUT2D eigenvalue weighted by molar-refractivity contribution is -0.119. The number of pyridine rings is 1. The molecule has 1 atom stereocenters. The molecule has 0 radical (unpaired) electrons. The molecule has 7 nitrogen and oxygen atoms in total. The summed E-state index contributed by atoms with van der Waals surface area (Å²) < 4.78 is 7.83. The van der Waals surface area contributed by atoms with Crippen LogP contribution in [0, 0.1) is 0 Å². The fourth-order valence-corrected chi connectivity index (χ4v) is 3.91. The first-order valence-electron chi connectivity index (χ1n) is 9.40. The minimum Gasteiger partial charge on any atom is -0.459 e. The third-order valence-corrected chi connectivity index (χ3v) is 5.52. The van der Waals surface area contributed by atoms with E-state index in [2.05, 4.69) is 20.5 Å². The van der Waals surface area contributed by atoms with E-state index in [1.54, 1.807) is 12.4 Å². The lowest BCUT2D eigenvalue weighted by atomic mass is 10.2. The van der Waals surface area contributed by atoms with Crippen LogP contribution in [-0.4, -0.2) is 31.4 Å². The second kappa shape index (κ2) is 8.48. The third-order valence-electron chi connectivity index (χ3n) is 4.55. The topological polar surface area (TPSA) is 85.8 Å². The maximum atomic E-state index is 12.5. The molecule has 0 aliphatic carbocycles. The number of aromatic nitrogens is 4. The highest BCUT2D eigenvalue weighted by Gasteiger charge is 2.17. The molecule has 29 heavy (non-hydrogen) atoms. The highest BCUT2D eigenvalue weighted by Crippen LogP contribution is 2.25. The molecule has 1 amide bonds. The molecule has 0 fully saturated rings. The summed E-state index contributed by atoms with van der Waals surface area (Å²) in [6.07, 6.45) is 3.45. The number of fused-ring (bicyclic) bond motifs is 1. The van der Waals surface area contributed by atoms with Crippen LogP contribution in [0.4, 0.5) is 0 Å². The van der Waals surface area contributed by atoms with E-state index in [1.807, 2.05) is 60.9 Å². The Morgan fingerprint density at radius 1 is 1.21 bits per heavy atom. The predicted molar refractivity (Wildman–Crippen MR) is 112 cm³/mol. The van der Waals surface area contributed by atoms with Crippen LogP contribution in [0.1, 0.15) is 25.6 Å². The Kier molecular flexibility index (Phi) is 5.62. The SMILES string of the molecule is CCn1c(SCC(=O)N[C@@H](C)c2cc3ccccc3o2)nnc1-c1ccncc1. The first-order valence-corrected chi connectivity index (χ1v) is 10.4. The maximum absolute atomic E-state index is 12.5. The molecule has 0 unspecified atom stereocenters. The van der Waals surface area contributed by atoms with Crippen molar-refractivity contribution in [2.24, 2.45) is 0 Å². The van der Waals surface area contributed by atoms with Crippen LogP contribution in [0.25, 0.3) is 22.4 Å². The fraction of sp³-hybridized carbons (Fsp3) is 0.238. The van der Waals surface area contributed by atoms with Crippen LogP contribution in [0.15, 0.2) is 64.4 Å². The number of furan rings is 1. The largest absolute Gasteiger partial charge is 0.459 e. The Morgan fingerprint density at radius 3 is 2.76 bits per heavy atom. The number of rotatable bonds is 7. The average molecular weight is 407 g/mol. The summed E-state index contributed by atoms with van der Waals surface area (Å²) in [6, 6.07) is 13.3. The Labute approximate surface area is 172 Å². The summed E-state index contributed by atoms with van der Waals surface area (Å²) in [5.74, 6) is 1.67. The number of hydrogen-bond donors (Lipinski definition) is 1. The number of para-hydroxylation sites is 1. The Balaban J connectivity index is 1.40. The van der Waals surface area contributed by atoms with E-state index < -0.39 is 0 Å². The van der Waals surface area contributed by atoms with Crippen molar-refractivity contribution in [2.45, 2.75) is 31.6 Å². The first kappa shape index (κ1) is 19.2. The van der Waals surface area contributed by atoms with E-state index in [4.69, 9.17) is 4.42 Å². The zero-order valence-corrected chi connectivity index (χ0v) is 17.0. The van der Waals surface area contributed by atoms with Crippen molar-refractivity contribution in [3.8, 4) is 11.4 Å². The van der Waals surface area contributed by atoms with Crippen LogP contribution in [0.2, 0.25) is 0 Å². The van der Waals surface area contributed by atoms with E-state index in [0.29, 0.717) is 11.7 Å². The van der Waals surface area contributed by atoms with Gasteiger partial charge < -0.3 is 14.3 Å². The van der Waals surface area contributed by atoms with Crippen molar-refractivity contribution in [2.75, 3.05) is 5.75 Å². The van der Waals surface area contributed by atoms with Crippen molar-refractivity contribution in [1.29, 1.82) is 0 Å². The second-order valence-electron chi connectivity index (χ2n) is 6.55. The van der Waals surface area contributed by atoms with Crippen LogP contribution < -0.4 is 5.32 Å². The minimum atomic E-state index is -0.216. The van der Waals surface area contributed by atoms with E-state index in [0.717, 1.165) is 28.1 Å². The van der Waals surface area contributed by atoms with Gasteiger partial charge in [0, 0.05) is 29.9 Å². The number of hydrogen-bond acceptors (Lipinski definition) is 6. The highest BCUT2D eigenvalue weighted by atomic mass is 32.2. The molecule has 8 heteroatoms. The van der Waals surface area contributed by atoms with Gasteiger partial charge in [0.1, 0.15) is 11.3 Å². The lowest BCUT2D eigenvalue weighted by Gasteiger charge is -2.11. The van der Waals surface area contributed by atoms with Gasteiger partial charge >= 0.3 is 0 Å². The minimum absolute atomic E-state index is 0.0842. The van der Waals surface area contributed by atoms with Crippen molar-refractivity contribution in [3.63, 3.8) is 0 Å². The molecule has 0 spiro atoms. The summed E-state index contributed by atoms with van der Waals surface area (Å²) >= 11 is 1.37. The van der Waals surface area contributed by atoms with Gasteiger partial charge in [-0.25, -0.2) is 0 Å². The van der Waals surface area contributed by atoms with Crippen LogP contribution in [-0.2, 0) is 11.3 Å². The van der Waals surface area contributed by atoms with Gasteiger partial charge in [0.2, 0.25) is 5.91 Å². The molecule has 0 saturated heterocycles. The number of nitrogens with zero attached hydrogens (tertiary/aromatic N) is 4. The molecule has 1 N–H and O–H groups in total. The molecule has 3 aromatic heterocycles. The zero-order valence-electron chi connectivity index (χ0n) is 16.2. The molecule has 0 saturated carbocycles. The average Bonchev–Trinajstić information content (AvgIpc) is 3.36. The molecule has 4 rings (SSSR count). The molecule has 1 aromatic carbocycles. The van der Waals surface area contributed by atoms with Crippen molar-refractivity contribution in [1.82, 2.24) is 25.1 Å². The smallest absolute Gasteiger partial charge is 0.231 e. The van der Waals surface area contributed by atoms with Crippen LogP contribution >= 0.6 is 11.8 Å². The normalized spacial score (nSPS) is 12.2. The van der Waals surface area contributed by atoms with Gasteiger partial charge in [-0.3, -0.25) is 9.78 Å². The zero-order chi connectivity index (χ0) is 20.2. The van der Waals surface area contributed by atoms with Gasteiger partial charge in [-0.15, -0.1) is 10.2 Å². The second-order valence-corrected chi connectivity index (χ2v) is 7.49. The molecule has 3 heterocycles. The Bertz CT molecular complexity index is 1090. The summed E-state index contributed by atoms with van der Waals surface area (Å²) in [5, 5.41) is 13.3. The van der Waals surface area contributed by atoms with E-state index in [1.165, 1.54) is 11.8 Å². The van der Waals surface area contributed by atoms with Gasteiger partial charge in [-0.05, 0) is 38.1 Å². The molecular weight excluding hydrogens is 386 g/mol. The standard InChI is InChI=1S/C21H21N5O2S/c1-3-26-20(15-8-10-22-11-9-15)24-25-21(26)29-13-19(27)23-14(2)18-12-16-6-4-5-7-17(16)28-18/h4-12,14H,3,13H2,1-2H3,(H,23,27)/t14-/m0/s1. The molecule has 0 bridgehead atoms. The molecular formula is C21H21N5O2S. The van der Waals surface area contributed by atoms with Gasteiger partial charge in [-0.2, -0.15) is 0 Å². The van der Waals surface area contributed by atoms with E-state index >= 15 is 0 Å². The van der Waals surface area contributed by atoms with Crippen LogP contribution in [0.3, 0.4) is 0 Å². The van der Waals surface area contributed by atoms with Gasteiger partial charge in [0.15, 0.2) is 11.0 Å². The van der Waals surface area contributed by atoms with Crippen molar-refractivity contribution < 1.29 is 9.21 Å². The molecule has 4 aromatic rings. The summed E-state index contributed by atoms with van der Waals surface area (Å²) in [6.45, 7) is 4.65. The number of benzene rings is 1. The summed E-state index contributed by atoms with van der Waals surface area (Å²) in [5.41, 5.74) is 1.77. The molecule has 0 aliphatic heterocycles. The lowest BCUT2D eigenvalue weighted by Crippen LogP contribution is -2.28. The maximum Gasteiger partial charge on any atom is 0.231 e. The van der Waals surface area contributed by atoms with Crippen LogP contribution in [0.5, 0.6) is 0 Å². The number of carbonyl (C=O) groups is 1. The summed E-state index contributed by atoms with van der Waals surface area (Å²) in [7, 11) is 0. The molecule has 148 valence electrons. The van der Waals surface area contributed by atoms with Gasteiger partial charge in [-0.1, -0.05) is 30.0 Å². The summed E-state index contributed by atoms with van der Waals surface area (Å²) in [4.78, 5) is 16.5. The number of thioether (sulfide) groups is 1.